The average Bonchev–Trinajstić information content (AvgIpc) is 3.15. The molecule has 4 aliphatic carbocycles. The lowest BCUT2D eigenvalue weighted by Crippen LogP contribution is -2.46. The second kappa shape index (κ2) is 12.3. The first-order valence-corrected chi connectivity index (χ1v) is 15.4. The normalized spacial score (nSPS) is 38.9. The highest BCUT2D eigenvalue weighted by molar-refractivity contribution is 5.19. The van der Waals surface area contributed by atoms with Crippen molar-refractivity contribution in [2.45, 2.75) is 130 Å². The van der Waals surface area contributed by atoms with E-state index in [1.165, 1.54) is 83.5 Å². The van der Waals surface area contributed by atoms with Crippen molar-refractivity contribution in [2.24, 2.45) is 46.8 Å². The fourth-order valence-corrected chi connectivity index (χ4v) is 9.24. The molecule has 0 bridgehead atoms. The maximum atomic E-state index is 9.07. The molecule has 196 valence electrons. The highest BCUT2D eigenvalue weighted by atomic mass is 16.5. The molecule has 0 amide bonds. The summed E-state index contributed by atoms with van der Waals surface area (Å²) in [5.41, 5.74) is 2.37. The zero-order chi connectivity index (χ0) is 24.1. The smallest absolute Gasteiger partial charge is 0.0612 e. The van der Waals surface area contributed by atoms with Crippen LogP contribution in [0.1, 0.15) is 124 Å². The summed E-state index contributed by atoms with van der Waals surface area (Å²) < 4.78 is 6.33. The molecule has 3 fully saturated rings. The molecule has 8 atom stereocenters. The first-order valence-electron chi connectivity index (χ1n) is 15.4. The minimum atomic E-state index is 0.294. The molecule has 3 saturated carbocycles. The zero-order valence-electron chi connectivity index (χ0n) is 23.1. The van der Waals surface area contributed by atoms with E-state index in [2.05, 4.69) is 33.8 Å². The quantitative estimate of drug-likeness (QED) is 0.255. The Morgan fingerprint density at radius 1 is 0.971 bits per heavy atom. The Kier molecular flexibility index (Phi) is 9.64. The summed E-state index contributed by atoms with van der Waals surface area (Å²) in [7, 11) is 0. The van der Waals surface area contributed by atoms with Crippen LogP contribution in [-0.2, 0) is 4.74 Å². The van der Waals surface area contributed by atoms with Crippen LogP contribution in [0.3, 0.4) is 0 Å². The number of fused-ring (bicyclic) bond motifs is 5. The highest BCUT2D eigenvalue weighted by Crippen LogP contribution is 2.64. The summed E-state index contributed by atoms with van der Waals surface area (Å²) in [6.07, 6.45) is 23.2. The third kappa shape index (κ3) is 5.96. The van der Waals surface area contributed by atoms with E-state index in [1.54, 1.807) is 5.57 Å². The summed E-state index contributed by atoms with van der Waals surface area (Å²) in [6, 6.07) is 0. The molecule has 0 aromatic rings. The number of hydrogen-bond donors (Lipinski definition) is 1. The van der Waals surface area contributed by atoms with E-state index in [9.17, 15) is 0 Å². The number of unbranched alkanes of at least 4 members (excludes halogenated alkanes) is 1. The zero-order valence-corrected chi connectivity index (χ0v) is 23.1. The number of rotatable bonds is 10. The maximum Gasteiger partial charge on any atom is 0.0612 e. The predicted molar refractivity (Wildman–Crippen MR) is 144 cm³/mol. The summed E-state index contributed by atoms with van der Waals surface area (Å²) in [5.74, 6) is 6.43. The van der Waals surface area contributed by atoms with E-state index in [-0.39, 0.29) is 0 Å². The maximum absolute atomic E-state index is 9.07. The van der Waals surface area contributed by atoms with Gasteiger partial charge in [0.2, 0.25) is 0 Å². The van der Waals surface area contributed by atoms with Gasteiger partial charge in [0.1, 0.15) is 0 Å². The van der Waals surface area contributed by atoms with E-state index >= 15 is 0 Å². The molecule has 0 aromatic carbocycles. The van der Waals surface area contributed by atoms with Gasteiger partial charge in [0.25, 0.3) is 0 Å². The van der Waals surface area contributed by atoms with Crippen molar-refractivity contribution >= 4 is 0 Å². The van der Waals surface area contributed by atoms with Crippen LogP contribution in [-0.4, -0.2) is 24.4 Å². The van der Waals surface area contributed by atoms with Crippen LogP contribution in [0.5, 0.6) is 0 Å². The van der Waals surface area contributed by atoms with Crippen molar-refractivity contribution in [2.75, 3.05) is 13.2 Å². The van der Waals surface area contributed by atoms with Crippen molar-refractivity contribution < 1.29 is 9.84 Å². The minimum Gasteiger partial charge on any atom is -0.396 e. The topological polar surface area (TPSA) is 29.5 Å². The second-order valence-corrected chi connectivity index (χ2v) is 13.5. The summed E-state index contributed by atoms with van der Waals surface area (Å²) in [4.78, 5) is 0. The van der Waals surface area contributed by atoms with Gasteiger partial charge >= 0.3 is 0 Å². The number of hydrogen-bond acceptors (Lipinski definition) is 2. The highest BCUT2D eigenvalue weighted by Gasteiger charge is 2.56. The van der Waals surface area contributed by atoms with Gasteiger partial charge in [-0.25, -0.2) is 0 Å². The first kappa shape index (κ1) is 26.7. The molecule has 0 aliphatic heterocycles. The molecule has 2 nitrogen and oxygen atoms in total. The Morgan fingerprint density at radius 3 is 2.59 bits per heavy atom. The molecule has 2 heteroatoms. The van der Waals surface area contributed by atoms with Crippen molar-refractivity contribution in [3.05, 3.63) is 11.6 Å². The SMILES string of the molecule is CC(C)CCCC(C)[C@H]1CCC2C3CC=C4CC(OCCCCO)CCCC[C@H]4C3CC[C@@]21C. The Labute approximate surface area is 211 Å². The molecule has 4 aliphatic rings. The van der Waals surface area contributed by atoms with E-state index in [1.807, 2.05) is 0 Å². The number of ether oxygens (including phenoxy) is 1. The molecule has 0 spiro atoms. The van der Waals surface area contributed by atoms with E-state index in [0.717, 1.165) is 60.9 Å². The Bertz CT molecular complexity index is 653. The van der Waals surface area contributed by atoms with Gasteiger partial charge in [-0.2, -0.15) is 0 Å². The van der Waals surface area contributed by atoms with Crippen LogP contribution in [0.4, 0.5) is 0 Å². The van der Waals surface area contributed by atoms with Gasteiger partial charge in [0, 0.05) is 13.2 Å². The van der Waals surface area contributed by atoms with Crippen LogP contribution >= 0.6 is 0 Å². The third-order valence-corrected chi connectivity index (χ3v) is 11.0. The summed E-state index contributed by atoms with van der Waals surface area (Å²) in [5, 5.41) is 9.07. The lowest BCUT2D eigenvalue weighted by atomic mass is 9.51. The Morgan fingerprint density at radius 2 is 1.79 bits per heavy atom. The van der Waals surface area contributed by atoms with Crippen LogP contribution in [0.25, 0.3) is 0 Å². The molecule has 0 heterocycles. The Balaban J connectivity index is 1.40. The van der Waals surface area contributed by atoms with Crippen molar-refractivity contribution in [3.63, 3.8) is 0 Å². The minimum absolute atomic E-state index is 0.294. The average molecular weight is 473 g/mol. The van der Waals surface area contributed by atoms with Gasteiger partial charge < -0.3 is 9.84 Å². The van der Waals surface area contributed by atoms with Crippen molar-refractivity contribution in [1.29, 1.82) is 0 Å². The number of allylic oxidation sites excluding steroid dienone is 1. The molecule has 34 heavy (non-hydrogen) atoms. The standard InChI is InChI=1S/C32H56O2/c1-23(2)10-9-11-24(3)30-16-17-31-29-15-14-25-22-26(34-21-8-7-20-33)12-5-6-13-27(25)28(29)18-19-32(30,31)4/h14,23-24,26-31,33H,5-13,15-22H2,1-4H3/t24?,26?,27-,28?,29?,30-,31?,32-/m1/s1. The molecule has 0 radical (unpaired) electrons. The van der Waals surface area contributed by atoms with E-state index in [0.29, 0.717) is 18.1 Å². The lowest BCUT2D eigenvalue weighted by molar-refractivity contribution is -0.0276. The molecular weight excluding hydrogens is 416 g/mol. The van der Waals surface area contributed by atoms with Gasteiger partial charge in [-0.15, -0.1) is 0 Å². The largest absolute Gasteiger partial charge is 0.396 e. The van der Waals surface area contributed by atoms with E-state index in [4.69, 9.17) is 9.84 Å². The molecule has 5 unspecified atom stereocenters. The molecular formula is C32H56O2. The van der Waals surface area contributed by atoms with Crippen LogP contribution < -0.4 is 0 Å². The van der Waals surface area contributed by atoms with Gasteiger partial charge in [-0.05, 0) is 111 Å². The lowest BCUT2D eigenvalue weighted by Gasteiger charge is -2.54. The van der Waals surface area contributed by atoms with Crippen molar-refractivity contribution in [1.82, 2.24) is 0 Å². The molecule has 0 aromatic heterocycles. The van der Waals surface area contributed by atoms with Crippen LogP contribution in [0.2, 0.25) is 0 Å². The van der Waals surface area contributed by atoms with Gasteiger partial charge in [-0.3, -0.25) is 0 Å². The molecule has 4 rings (SSSR count). The number of aliphatic hydroxyl groups excluding tert-OH is 1. The second-order valence-electron chi connectivity index (χ2n) is 13.5. The fourth-order valence-electron chi connectivity index (χ4n) is 9.24. The van der Waals surface area contributed by atoms with E-state index < -0.39 is 0 Å². The fraction of sp³-hybridized carbons (Fsp3) is 0.938. The Hall–Kier alpha value is -0.340. The molecule has 1 N–H and O–H groups in total. The molecule has 0 saturated heterocycles. The van der Waals surface area contributed by atoms with Gasteiger partial charge in [0.05, 0.1) is 6.10 Å². The van der Waals surface area contributed by atoms with Gasteiger partial charge in [0.15, 0.2) is 0 Å². The monoisotopic (exact) mass is 472 g/mol. The van der Waals surface area contributed by atoms with Crippen LogP contribution in [0, 0.1) is 46.8 Å². The van der Waals surface area contributed by atoms with Crippen molar-refractivity contribution in [3.8, 4) is 0 Å². The third-order valence-electron chi connectivity index (χ3n) is 11.0. The first-order chi connectivity index (χ1) is 16.4. The summed E-state index contributed by atoms with van der Waals surface area (Å²) in [6.45, 7) is 11.2. The summed E-state index contributed by atoms with van der Waals surface area (Å²) >= 11 is 0. The number of aliphatic hydroxyl groups is 1. The van der Waals surface area contributed by atoms with Crippen LogP contribution in [0.15, 0.2) is 11.6 Å². The predicted octanol–water partition coefficient (Wildman–Crippen LogP) is 8.58. The van der Waals surface area contributed by atoms with Gasteiger partial charge in [-0.1, -0.05) is 71.4 Å².